The normalized spacial score (nSPS) is 16.2. The Morgan fingerprint density at radius 3 is 2.05 bits per heavy atom. The molecule has 2 heterocycles. The van der Waals surface area contributed by atoms with Crippen molar-refractivity contribution >= 4 is 23.0 Å². The molecule has 0 fully saturated rings. The van der Waals surface area contributed by atoms with Gasteiger partial charge >= 0.3 is 5.97 Å². The number of nitrogens with zero attached hydrogens (tertiary/aromatic N) is 4. The van der Waals surface area contributed by atoms with E-state index in [4.69, 9.17) is 9.47 Å². The quantitative estimate of drug-likeness (QED) is 0.245. The summed E-state index contributed by atoms with van der Waals surface area (Å²) < 4.78 is 12.2. The molecule has 7 nitrogen and oxygen atoms in total. The van der Waals surface area contributed by atoms with Gasteiger partial charge in [-0.05, 0) is 76.2 Å². The highest BCUT2D eigenvalue weighted by atomic mass is 16.6. The Morgan fingerprint density at radius 1 is 0.816 bits per heavy atom. The lowest BCUT2D eigenvalue weighted by Crippen LogP contribution is -2.45. The van der Waals surface area contributed by atoms with Crippen molar-refractivity contribution in [3.8, 4) is 5.75 Å². The predicted octanol–water partition coefficient (Wildman–Crippen LogP) is 6.32. The van der Waals surface area contributed by atoms with Crippen LogP contribution >= 0.6 is 0 Å². The van der Waals surface area contributed by atoms with E-state index < -0.39 is 11.7 Å². The van der Waals surface area contributed by atoms with E-state index in [-0.39, 0.29) is 11.8 Å². The van der Waals surface area contributed by atoms with Gasteiger partial charge < -0.3 is 14.4 Å². The molecule has 1 atom stereocenters. The molecule has 0 aliphatic carbocycles. The molecule has 194 valence electrons. The first-order valence-electron chi connectivity index (χ1n) is 13.0. The van der Waals surface area contributed by atoms with Crippen molar-refractivity contribution in [1.82, 2.24) is 9.97 Å². The third kappa shape index (κ3) is 4.45. The summed E-state index contributed by atoms with van der Waals surface area (Å²) in [5.41, 5.74) is 2.81. The molecule has 1 unspecified atom stereocenters. The van der Waals surface area contributed by atoms with Crippen molar-refractivity contribution in [2.45, 2.75) is 39.5 Å². The Balaban J connectivity index is 1.74. The second kappa shape index (κ2) is 10.5. The average molecular weight is 509 g/mol. The fraction of sp³-hybridized carbons (Fsp3) is 0.258. The van der Waals surface area contributed by atoms with Crippen LogP contribution in [0, 0.1) is 0 Å². The highest BCUT2D eigenvalue weighted by Crippen LogP contribution is 2.49. The molecule has 4 aromatic rings. The minimum absolute atomic E-state index is 0.0553. The first kappa shape index (κ1) is 25.3. The van der Waals surface area contributed by atoms with Gasteiger partial charge in [0.05, 0.1) is 6.10 Å². The molecule has 1 aliphatic heterocycles. The Hall–Kier alpha value is -4.39. The SMILES string of the molecule is CCN(CC)c1ccc(C2(N(c3ccccc3)c3ccc(OC(C)C)cc3)OC(=O)c3nccnc32)cc1. The zero-order valence-corrected chi connectivity index (χ0v) is 22.2. The van der Waals surface area contributed by atoms with Crippen molar-refractivity contribution < 1.29 is 14.3 Å². The largest absolute Gasteiger partial charge is 0.491 e. The molecule has 1 aliphatic rings. The van der Waals surface area contributed by atoms with Crippen LogP contribution in [-0.4, -0.2) is 35.1 Å². The fourth-order valence-corrected chi connectivity index (χ4v) is 4.97. The monoisotopic (exact) mass is 508 g/mol. The van der Waals surface area contributed by atoms with E-state index >= 15 is 0 Å². The minimum atomic E-state index is -1.37. The number of para-hydroxylation sites is 1. The standard InChI is InChI=1S/C31H32N4O3/c1-5-34(6-2)24-14-12-23(13-15-24)31(29-28(30(36)38-31)32-20-21-33-29)35(25-10-8-7-9-11-25)26-16-18-27(19-17-26)37-22(3)4/h7-22H,5-6H2,1-4H3. The number of carbonyl (C=O) groups excluding carboxylic acids is 1. The Kier molecular flexibility index (Phi) is 7.01. The molecule has 3 aromatic carbocycles. The molecule has 0 saturated heterocycles. The van der Waals surface area contributed by atoms with Gasteiger partial charge in [0.1, 0.15) is 11.4 Å². The maximum atomic E-state index is 13.3. The number of benzene rings is 3. The average Bonchev–Trinajstić information content (AvgIpc) is 3.24. The number of esters is 1. The molecule has 1 aromatic heterocycles. The highest BCUT2D eigenvalue weighted by Gasteiger charge is 2.55. The third-order valence-corrected chi connectivity index (χ3v) is 6.64. The van der Waals surface area contributed by atoms with Crippen LogP contribution in [-0.2, 0) is 10.5 Å². The van der Waals surface area contributed by atoms with Crippen LogP contribution in [0.1, 0.15) is 49.4 Å². The first-order valence-corrected chi connectivity index (χ1v) is 13.0. The summed E-state index contributed by atoms with van der Waals surface area (Å²) in [5.74, 6) is 0.250. The van der Waals surface area contributed by atoms with Gasteiger partial charge in [-0.3, -0.25) is 9.88 Å². The zero-order chi connectivity index (χ0) is 26.7. The summed E-state index contributed by atoms with van der Waals surface area (Å²) in [6.07, 6.45) is 3.17. The maximum absolute atomic E-state index is 13.3. The van der Waals surface area contributed by atoms with Gasteiger partial charge in [0.25, 0.3) is 5.72 Å². The van der Waals surface area contributed by atoms with Gasteiger partial charge in [0.2, 0.25) is 0 Å². The van der Waals surface area contributed by atoms with Crippen molar-refractivity contribution in [1.29, 1.82) is 0 Å². The van der Waals surface area contributed by atoms with E-state index in [1.54, 1.807) is 6.20 Å². The van der Waals surface area contributed by atoms with E-state index in [1.165, 1.54) is 6.20 Å². The zero-order valence-electron chi connectivity index (χ0n) is 22.2. The lowest BCUT2D eigenvalue weighted by Gasteiger charge is -2.41. The van der Waals surface area contributed by atoms with Gasteiger partial charge in [-0.1, -0.05) is 30.3 Å². The van der Waals surface area contributed by atoms with Crippen LogP contribution in [0.2, 0.25) is 0 Å². The first-order chi connectivity index (χ1) is 18.5. The number of fused-ring (bicyclic) bond motifs is 1. The summed E-state index contributed by atoms with van der Waals surface area (Å²) in [7, 11) is 0. The molecule has 0 radical (unpaired) electrons. The van der Waals surface area contributed by atoms with Gasteiger partial charge in [-0.15, -0.1) is 0 Å². The molecule has 5 rings (SSSR count). The van der Waals surface area contributed by atoms with Crippen molar-refractivity contribution in [2.75, 3.05) is 22.9 Å². The van der Waals surface area contributed by atoms with Crippen LogP contribution in [0.4, 0.5) is 17.1 Å². The number of aromatic nitrogens is 2. The van der Waals surface area contributed by atoms with Gasteiger partial charge in [-0.2, -0.15) is 0 Å². The molecule has 0 bridgehead atoms. The number of cyclic esters (lactones) is 1. The van der Waals surface area contributed by atoms with E-state index in [2.05, 4.69) is 40.8 Å². The molecule has 0 amide bonds. The second-order valence-corrected chi connectivity index (χ2v) is 9.34. The van der Waals surface area contributed by atoms with Gasteiger partial charge in [-0.25, -0.2) is 9.78 Å². The van der Waals surface area contributed by atoms with Crippen LogP contribution in [0.15, 0.2) is 91.3 Å². The topological polar surface area (TPSA) is 67.8 Å². The molecule has 7 heteroatoms. The molecule has 38 heavy (non-hydrogen) atoms. The van der Waals surface area contributed by atoms with E-state index in [9.17, 15) is 4.79 Å². The summed E-state index contributed by atoms with van der Waals surface area (Å²) in [6, 6.07) is 25.8. The number of hydrogen-bond acceptors (Lipinski definition) is 7. The Bertz CT molecular complexity index is 1390. The predicted molar refractivity (Wildman–Crippen MR) is 149 cm³/mol. The van der Waals surface area contributed by atoms with Crippen molar-refractivity contribution in [3.63, 3.8) is 0 Å². The number of rotatable bonds is 9. The van der Waals surface area contributed by atoms with Crippen molar-refractivity contribution in [2.24, 2.45) is 0 Å². The fourth-order valence-electron chi connectivity index (χ4n) is 4.97. The van der Waals surface area contributed by atoms with Crippen LogP contribution in [0.25, 0.3) is 0 Å². The number of carbonyl (C=O) groups is 1. The van der Waals surface area contributed by atoms with Crippen molar-refractivity contribution in [3.05, 3.63) is 108 Å². The maximum Gasteiger partial charge on any atom is 0.361 e. The second-order valence-electron chi connectivity index (χ2n) is 9.34. The minimum Gasteiger partial charge on any atom is -0.491 e. The van der Waals surface area contributed by atoms with Crippen LogP contribution in [0.5, 0.6) is 5.75 Å². The van der Waals surface area contributed by atoms with Gasteiger partial charge in [0, 0.05) is 48.1 Å². The molecule has 0 N–H and O–H groups in total. The van der Waals surface area contributed by atoms with Gasteiger partial charge in [0.15, 0.2) is 5.69 Å². The Morgan fingerprint density at radius 2 is 1.42 bits per heavy atom. The highest BCUT2D eigenvalue weighted by molar-refractivity contribution is 5.94. The van der Waals surface area contributed by atoms with E-state index in [0.29, 0.717) is 5.69 Å². The summed E-state index contributed by atoms with van der Waals surface area (Å²) in [5, 5.41) is 0. The number of ether oxygens (including phenoxy) is 2. The van der Waals surface area contributed by atoms with Crippen LogP contribution < -0.4 is 14.5 Å². The molecule has 0 saturated carbocycles. The molecule has 0 spiro atoms. The molecular weight excluding hydrogens is 476 g/mol. The lowest BCUT2D eigenvalue weighted by molar-refractivity contribution is 0.0120. The molecular formula is C31H32N4O3. The summed E-state index contributed by atoms with van der Waals surface area (Å²) in [4.78, 5) is 26.6. The van der Waals surface area contributed by atoms with E-state index in [0.717, 1.165) is 41.5 Å². The lowest BCUT2D eigenvalue weighted by atomic mass is 9.94. The van der Waals surface area contributed by atoms with Crippen LogP contribution in [0.3, 0.4) is 0 Å². The Labute approximate surface area is 223 Å². The summed E-state index contributed by atoms with van der Waals surface area (Å²) >= 11 is 0. The smallest absolute Gasteiger partial charge is 0.361 e. The number of anilines is 3. The number of hydrogen-bond donors (Lipinski definition) is 0. The third-order valence-electron chi connectivity index (χ3n) is 6.64. The summed E-state index contributed by atoms with van der Waals surface area (Å²) in [6.45, 7) is 10.0. The van der Waals surface area contributed by atoms with E-state index in [1.807, 2.05) is 85.5 Å².